The summed E-state index contributed by atoms with van der Waals surface area (Å²) < 4.78 is 7.55. The quantitative estimate of drug-likeness (QED) is 0.917. The van der Waals surface area contributed by atoms with Gasteiger partial charge in [-0.1, -0.05) is 18.2 Å². The van der Waals surface area contributed by atoms with Gasteiger partial charge in [0.1, 0.15) is 5.75 Å². The Morgan fingerprint density at radius 1 is 1.38 bits per heavy atom. The van der Waals surface area contributed by atoms with Crippen molar-refractivity contribution in [1.82, 2.24) is 15.1 Å². The zero-order valence-electron chi connectivity index (χ0n) is 12.8. The molecule has 1 aromatic heterocycles. The van der Waals surface area contributed by atoms with Crippen LogP contribution in [-0.2, 0) is 19.5 Å². The summed E-state index contributed by atoms with van der Waals surface area (Å²) in [5, 5.41) is 8.18. The summed E-state index contributed by atoms with van der Waals surface area (Å²) >= 11 is 0. The van der Waals surface area contributed by atoms with Crippen molar-refractivity contribution in [3.63, 3.8) is 0 Å². The molecule has 21 heavy (non-hydrogen) atoms. The van der Waals surface area contributed by atoms with Gasteiger partial charge in [-0.15, -0.1) is 0 Å². The number of benzene rings is 1. The first-order valence-corrected chi connectivity index (χ1v) is 7.73. The molecule has 1 atom stereocenters. The van der Waals surface area contributed by atoms with E-state index in [-0.39, 0.29) is 0 Å². The average molecular weight is 285 g/mol. The molecule has 2 aromatic rings. The van der Waals surface area contributed by atoms with Crippen LogP contribution >= 0.6 is 0 Å². The van der Waals surface area contributed by atoms with Crippen molar-refractivity contribution in [3.05, 3.63) is 47.3 Å². The smallest absolute Gasteiger partial charge is 0.123 e. The number of methoxy groups -OCH3 is 1. The number of aryl methyl sites for hydroxylation is 1. The van der Waals surface area contributed by atoms with Crippen LogP contribution in [0.4, 0.5) is 0 Å². The van der Waals surface area contributed by atoms with E-state index in [2.05, 4.69) is 34.2 Å². The van der Waals surface area contributed by atoms with Gasteiger partial charge in [0.25, 0.3) is 0 Å². The van der Waals surface area contributed by atoms with Gasteiger partial charge in [0.2, 0.25) is 0 Å². The highest BCUT2D eigenvalue weighted by Crippen LogP contribution is 2.30. The lowest BCUT2D eigenvalue weighted by molar-refractivity contribution is 0.400. The summed E-state index contributed by atoms with van der Waals surface area (Å²) in [5.41, 5.74) is 3.98. The van der Waals surface area contributed by atoms with Crippen LogP contribution in [0.25, 0.3) is 0 Å². The van der Waals surface area contributed by atoms with Gasteiger partial charge in [0.05, 0.1) is 13.3 Å². The molecule has 0 aliphatic heterocycles. The van der Waals surface area contributed by atoms with Crippen LogP contribution in [0.5, 0.6) is 5.75 Å². The van der Waals surface area contributed by atoms with E-state index in [9.17, 15) is 0 Å². The predicted octanol–water partition coefficient (Wildman–Crippen LogP) is 3.08. The Morgan fingerprint density at radius 2 is 2.24 bits per heavy atom. The van der Waals surface area contributed by atoms with Gasteiger partial charge in [0, 0.05) is 36.0 Å². The standard InChI is InChI=1S/C17H23N3O/c1-3-20-16-9-6-8-15(14(16)12-19-20)18-11-13-7-4-5-10-17(13)21-2/h4-5,7,10,12,15,18H,3,6,8-9,11H2,1-2H3/t15-/m0/s1. The maximum absolute atomic E-state index is 5.42. The molecule has 0 spiro atoms. The van der Waals surface area contributed by atoms with Crippen molar-refractivity contribution >= 4 is 0 Å². The van der Waals surface area contributed by atoms with Crippen molar-refractivity contribution in [3.8, 4) is 5.75 Å². The molecule has 1 aliphatic carbocycles. The summed E-state index contributed by atoms with van der Waals surface area (Å²) in [7, 11) is 1.73. The summed E-state index contributed by atoms with van der Waals surface area (Å²) in [6.07, 6.45) is 5.59. The molecule has 0 saturated heterocycles. The molecule has 0 amide bonds. The zero-order chi connectivity index (χ0) is 14.7. The second kappa shape index (κ2) is 6.31. The van der Waals surface area contributed by atoms with Gasteiger partial charge >= 0.3 is 0 Å². The lowest BCUT2D eigenvalue weighted by Gasteiger charge is -2.24. The second-order valence-electron chi connectivity index (χ2n) is 5.50. The fourth-order valence-corrected chi connectivity index (χ4v) is 3.19. The molecule has 3 rings (SSSR count). The van der Waals surface area contributed by atoms with E-state index in [1.54, 1.807) is 7.11 Å². The van der Waals surface area contributed by atoms with Crippen LogP contribution in [0, 0.1) is 0 Å². The highest BCUT2D eigenvalue weighted by atomic mass is 16.5. The van der Waals surface area contributed by atoms with Crippen molar-refractivity contribution in [1.29, 1.82) is 0 Å². The van der Waals surface area contributed by atoms with Crippen LogP contribution in [0.2, 0.25) is 0 Å². The molecule has 112 valence electrons. The molecule has 0 saturated carbocycles. The van der Waals surface area contributed by atoms with Gasteiger partial charge in [-0.05, 0) is 32.3 Å². The van der Waals surface area contributed by atoms with E-state index in [1.807, 2.05) is 18.3 Å². The average Bonchev–Trinajstić information content (AvgIpc) is 2.96. The number of para-hydroxylation sites is 1. The fourth-order valence-electron chi connectivity index (χ4n) is 3.19. The number of rotatable bonds is 5. The molecule has 0 fully saturated rings. The largest absolute Gasteiger partial charge is 0.496 e. The second-order valence-corrected chi connectivity index (χ2v) is 5.50. The molecule has 0 radical (unpaired) electrons. The van der Waals surface area contributed by atoms with Gasteiger partial charge in [-0.25, -0.2) is 0 Å². The number of ether oxygens (including phenoxy) is 1. The van der Waals surface area contributed by atoms with Crippen LogP contribution < -0.4 is 10.1 Å². The van der Waals surface area contributed by atoms with Gasteiger partial charge in [0.15, 0.2) is 0 Å². The number of hydrogen-bond donors (Lipinski definition) is 1. The fraction of sp³-hybridized carbons (Fsp3) is 0.471. The van der Waals surface area contributed by atoms with Crippen molar-refractivity contribution in [2.24, 2.45) is 0 Å². The normalized spacial score (nSPS) is 17.5. The Bertz CT molecular complexity index is 606. The summed E-state index contributed by atoms with van der Waals surface area (Å²) in [6, 6.07) is 8.59. The molecule has 1 N–H and O–H groups in total. The van der Waals surface area contributed by atoms with E-state index >= 15 is 0 Å². The Kier molecular flexibility index (Phi) is 4.25. The zero-order valence-corrected chi connectivity index (χ0v) is 12.8. The first-order chi connectivity index (χ1) is 10.3. The van der Waals surface area contributed by atoms with Crippen molar-refractivity contribution < 1.29 is 4.74 Å². The van der Waals surface area contributed by atoms with Gasteiger partial charge < -0.3 is 10.1 Å². The monoisotopic (exact) mass is 285 g/mol. The molecule has 1 aliphatic rings. The Morgan fingerprint density at radius 3 is 3.05 bits per heavy atom. The topological polar surface area (TPSA) is 39.1 Å². The highest BCUT2D eigenvalue weighted by molar-refractivity contribution is 5.33. The van der Waals surface area contributed by atoms with Crippen molar-refractivity contribution in [2.45, 2.75) is 45.3 Å². The predicted molar refractivity (Wildman–Crippen MR) is 83.4 cm³/mol. The van der Waals surface area contributed by atoms with E-state index in [4.69, 9.17) is 4.74 Å². The molecule has 1 aromatic carbocycles. The molecular formula is C17H23N3O. The first kappa shape index (κ1) is 14.1. The minimum Gasteiger partial charge on any atom is -0.496 e. The number of nitrogens with zero attached hydrogens (tertiary/aromatic N) is 2. The van der Waals surface area contributed by atoms with Crippen LogP contribution in [-0.4, -0.2) is 16.9 Å². The number of fused-ring (bicyclic) bond motifs is 1. The minimum absolute atomic E-state index is 0.402. The molecule has 0 bridgehead atoms. The number of nitrogens with one attached hydrogen (secondary N) is 1. The molecule has 1 heterocycles. The van der Waals surface area contributed by atoms with E-state index in [1.165, 1.54) is 29.7 Å². The van der Waals surface area contributed by atoms with E-state index in [0.29, 0.717) is 6.04 Å². The Balaban J connectivity index is 1.74. The molecule has 4 heteroatoms. The van der Waals surface area contributed by atoms with Crippen molar-refractivity contribution in [2.75, 3.05) is 7.11 Å². The van der Waals surface area contributed by atoms with Gasteiger partial charge in [-0.3, -0.25) is 4.68 Å². The van der Waals surface area contributed by atoms with Crippen LogP contribution in [0.15, 0.2) is 30.5 Å². The summed E-state index contributed by atoms with van der Waals surface area (Å²) in [4.78, 5) is 0. The number of aromatic nitrogens is 2. The minimum atomic E-state index is 0.402. The van der Waals surface area contributed by atoms with E-state index in [0.717, 1.165) is 25.3 Å². The lowest BCUT2D eigenvalue weighted by atomic mass is 9.92. The summed E-state index contributed by atoms with van der Waals surface area (Å²) in [6.45, 7) is 3.93. The third-order valence-corrected chi connectivity index (χ3v) is 4.29. The Hall–Kier alpha value is -1.81. The Labute approximate surface area is 126 Å². The maximum Gasteiger partial charge on any atom is 0.123 e. The maximum atomic E-state index is 5.42. The molecular weight excluding hydrogens is 262 g/mol. The summed E-state index contributed by atoms with van der Waals surface area (Å²) in [5.74, 6) is 0.949. The third-order valence-electron chi connectivity index (χ3n) is 4.29. The van der Waals surface area contributed by atoms with Crippen LogP contribution in [0.3, 0.4) is 0 Å². The lowest BCUT2D eigenvalue weighted by Crippen LogP contribution is -2.25. The van der Waals surface area contributed by atoms with E-state index < -0.39 is 0 Å². The highest BCUT2D eigenvalue weighted by Gasteiger charge is 2.23. The van der Waals surface area contributed by atoms with Gasteiger partial charge in [-0.2, -0.15) is 5.10 Å². The third kappa shape index (κ3) is 2.81. The number of hydrogen-bond acceptors (Lipinski definition) is 3. The van der Waals surface area contributed by atoms with Crippen LogP contribution in [0.1, 0.15) is 42.6 Å². The SMILES string of the molecule is CCn1ncc2c1CCC[C@@H]2NCc1ccccc1OC. The molecule has 4 nitrogen and oxygen atoms in total. The molecule has 0 unspecified atom stereocenters. The first-order valence-electron chi connectivity index (χ1n) is 7.73.